The molecule has 2 N–H and O–H groups in total. The van der Waals surface area contributed by atoms with Gasteiger partial charge in [-0.1, -0.05) is 60.5 Å². The number of benzene rings is 3. The van der Waals surface area contributed by atoms with Crippen LogP contribution in [-0.2, 0) is 4.79 Å². The summed E-state index contributed by atoms with van der Waals surface area (Å²) in [6, 6.07) is 17.2. The average molecular weight is 489 g/mol. The maximum absolute atomic E-state index is 13.9. The average Bonchev–Trinajstić information content (AvgIpc) is 3.22. The van der Waals surface area contributed by atoms with E-state index in [1.807, 2.05) is 30.3 Å². The third kappa shape index (κ3) is 4.47. The van der Waals surface area contributed by atoms with Crippen molar-refractivity contribution in [2.45, 2.75) is 19.3 Å². The lowest BCUT2D eigenvalue weighted by molar-refractivity contribution is -0.131. The van der Waals surface area contributed by atoms with Crippen molar-refractivity contribution in [1.82, 2.24) is 0 Å². The number of aliphatic carboxylic acids is 1. The zero-order valence-corrected chi connectivity index (χ0v) is 19.4. The van der Waals surface area contributed by atoms with Crippen molar-refractivity contribution < 1.29 is 23.8 Å². The van der Waals surface area contributed by atoms with E-state index in [1.54, 1.807) is 24.5 Å². The molecule has 0 saturated heterocycles. The SMILES string of the molecule is O=C(O)/C=C/c1ccc(/C(=C(\c2ccc(F)cc2Cl)C2CCC2)c2coc3c(O)cccc23)cc1. The molecule has 0 atom stereocenters. The molecule has 3 aromatic carbocycles. The first-order chi connectivity index (χ1) is 16.9. The van der Waals surface area contributed by atoms with Crippen LogP contribution in [0.5, 0.6) is 5.75 Å². The third-order valence-corrected chi connectivity index (χ3v) is 6.78. The Labute approximate surface area is 206 Å². The Kier molecular flexibility index (Phi) is 6.18. The number of carboxylic acids is 1. The van der Waals surface area contributed by atoms with Gasteiger partial charge in [0, 0.05) is 17.0 Å². The van der Waals surface area contributed by atoms with Gasteiger partial charge < -0.3 is 14.6 Å². The molecular weight excluding hydrogens is 467 g/mol. The molecule has 0 radical (unpaired) electrons. The highest BCUT2D eigenvalue weighted by molar-refractivity contribution is 6.33. The van der Waals surface area contributed by atoms with E-state index < -0.39 is 11.8 Å². The smallest absolute Gasteiger partial charge is 0.328 e. The van der Waals surface area contributed by atoms with E-state index in [1.165, 1.54) is 18.2 Å². The number of rotatable bonds is 6. The molecule has 35 heavy (non-hydrogen) atoms. The maximum atomic E-state index is 13.9. The number of hydrogen-bond donors (Lipinski definition) is 2. The van der Waals surface area contributed by atoms with Crippen molar-refractivity contribution >= 4 is 45.8 Å². The number of aromatic hydroxyl groups is 1. The summed E-state index contributed by atoms with van der Waals surface area (Å²) in [4.78, 5) is 10.9. The summed E-state index contributed by atoms with van der Waals surface area (Å²) in [6.45, 7) is 0. The second-order valence-corrected chi connectivity index (χ2v) is 9.04. The molecule has 1 heterocycles. The highest BCUT2D eigenvalue weighted by Crippen LogP contribution is 2.48. The summed E-state index contributed by atoms with van der Waals surface area (Å²) in [6.07, 6.45) is 7.31. The fourth-order valence-electron chi connectivity index (χ4n) is 4.58. The number of fused-ring (bicyclic) bond motifs is 1. The fourth-order valence-corrected chi connectivity index (χ4v) is 4.85. The van der Waals surface area contributed by atoms with E-state index >= 15 is 0 Å². The van der Waals surface area contributed by atoms with Crippen molar-refractivity contribution in [3.8, 4) is 5.75 Å². The normalized spacial score (nSPS) is 14.8. The minimum atomic E-state index is -1.02. The van der Waals surface area contributed by atoms with Crippen LogP contribution in [0.2, 0.25) is 5.02 Å². The quantitative estimate of drug-likeness (QED) is 0.214. The Hall–Kier alpha value is -3.83. The molecular formula is C29H22ClFO4. The molecule has 5 rings (SSSR count). The number of furan rings is 1. The summed E-state index contributed by atoms with van der Waals surface area (Å²) in [5.41, 5.74) is 5.46. The van der Waals surface area contributed by atoms with Crippen LogP contribution >= 0.6 is 11.6 Å². The van der Waals surface area contributed by atoms with Crippen molar-refractivity contribution in [3.63, 3.8) is 0 Å². The van der Waals surface area contributed by atoms with Gasteiger partial charge in [-0.05, 0) is 70.9 Å². The molecule has 1 aliphatic rings. The largest absolute Gasteiger partial charge is 0.504 e. The molecule has 176 valence electrons. The molecule has 4 nitrogen and oxygen atoms in total. The first kappa shape index (κ1) is 22.9. The summed E-state index contributed by atoms with van der Waals surface area (Å²) in [5, 5.41) is 20.4. The predicted molar refractivity (Wildman–Crippen MR) is 136 cm³/mol. The Morgan fingerprint density at radius 2 is 1.83 bits per heavy atom. The van der Waals surface area contributed by atoms with Gasteiger partial charge in [0.15, 0.2) is 11.3 Å². The van der Waals surface area contributed by atoms with Crippen molar-refractivity contribution in [1.29, 1.82) is 0 Å². The standard InChI is InChI=1S/C29H22ClFO4/c30-24-15-20(31)12-13-22(24)27(18-3-1-4-18)28(19-10-7-17(8-11-19)9-14-26(33)34)23-16-35-29-21(23)5-2-6-25(29)32/h2,5-16,18,32H,1,3-4H2,(H,33,34)/b14-9+,28-27+. The fraction of sp³-hybridized carbons (Fsp3) is 0.138. The van der Waals surface area contributed by atoms with Crippen LogP contribution in [-0.4, -0.2) is 16.2 Å². The molecule has 1 aromatic heterocycles. The first-order valence-corrected chi connectivity index (χ1v) is 11.7. The number of allylic oxidation sites excluding steroid dienone is 1. The van der Waals surface area contributed by atoms with Crippen LogP contribution in [0.1, 0.15) is 41.5 Å². The number of carbonyl (C=O) groups is 1. The molecule has 0 bridgehead atoms. The van der Waals surface area contributed by atoms with Gasteiger partial charge in [0.25, 0.3) is 0 Å². The van der Waals surface area contributed by atoms with Gasteiger partial charge in [-0.3, -0.25) is 0 Å². The molecule has 0 amide bonds. The van der Waals surface area contributed by atoms with Gasteiger partial charge in [0.1, 0.15) is 5.82 Å². The summed E-state index contributed by atoms with van der Waals surface area (Å²) >= 11 is 6.58. The zero-order valence-electron chi connectivity index (χ0n) is 18.7. The van der Waals surface area contributed by atoms with E-state index in [4.69, 9.17) is 21.1 Å². The lowest BCUT2D eigenvalue weighted by Crippen LogP contribution is -2.15. The van der Waals surface area contributed by atoms with Crippen molar-refractivity contribution in [2.75, 3.05) is 0 Å². The number of para-hydroxylation sites is 1. The third-order valence-electron chi connectivity index (χ3n) is 6.47. The Bertz CT molecular complexity index is 1480. The molecule has 0 spiro atoms. The lowest BCUT2D eigenvalue weighted by Gasteiger charge is -2.32. The lowest BCUT2D eigenvalue weighted by atomic mass is 9.73. The van der Waals surface area contributed by atoms with Crippen LogP contribution in [0, 0.1) is 11.7 Å². The number of carboxylic acid groups (broad SMARTS) is 1. The van der Waals surface area contributed by atoms with Gasteiger partial charge >= 0.3 is 5.97 Å². The van der Waals surface area contributed by atoms with Crippen molar-refractivity contribution in [2.24, 2.45) is 5.92 Å². The summed E-state index contributed by atoms with van der Waals surface area (Å²) in [5.74, 6) is -1.15. The minimum Gasteiger partial charge on any atom is -0.504 e. The van der Waals surface area contributed by atoms with Gasteiger partial charge in [-0.2, -0.15) is 0 Å². The maximum Gasteiger partial charge on any atom is 0.328 e. The van der Waals surface area contributed by atoms with E-state index in [0.29, 0.717) is 10.6 Å². The summed E-state index contributed by atoms with van der Waals surface area (Å²) < 4.78 is 19.7. The van der Waals surface area contributed by atoms with E-state index in [0.717, 1.165) is 64.1 Å². The first-order valence-electron chi connectivity index (χ1n) is 11.3. The van der Waals surface area contributed by atoms with Gasteiger partial charge in [-0.25, -0.2) is 9.18 Å². The second kappa shape index (κ2) is 9.43. The van der Waals surface area contributed by atoms with Crippen LogP contribution in [0.4, 0.5) is 4.39 Å². The molecule has 1 aliphatic carbocycles. The number of phenolic OH excluding ortho intramolecular Hbond substituents is 1. The Balaban J connectivity index is 1.79. The highest BCUT2D eigenvalue weighted by Gasteiger charge is 2.30. The number of hydrogen-bond acceptors (Lipinski definition) is 3. The van der Waals surface area contributed by atoms with Crippen LogP contribution < -0.4 is 0 Å². The molecule has 1 fully saturated rings. The number of halogens is 2. The summed E-state index contributed by atoms with van der Waals surface area (Å²) in [7, 11) is 0. The monoisotopic (exact) mass is 488 g/mol. The second-order valence-electron chi connectivity index (χ2n) is 8.64. The van der Waals surface area contributed by atoms with Crippen LogP contribution in [0.25, 0.3) is 28.2 Å². The minimum absolute atomic E-state index is 0.0484. The van der Waals surface area contributed by atoms with Crippen LogP contribution in [0.3, 0.4) is 0 Å². The predicted octanol–water partition coefficient (Wildman–Crippen LogP) is 7.79. The van der Waals surface area contributed by atoms with E-state index in [2.05, 4.69) is 0 Å². The molecule has 6 heteroatoms. The van der Waals surface area contributed by atoms with Crippen molar-refractivity contribution in [3.05, 3.63) is 106 Å². The van der Waals surface area contributed by atoms with Gasteiger partial charge in [0.2, 0.25) is 0 Å². The Morgan fingerprint density at radius 3 is 2.49 bits per heavy atom. The topological polar surface area (TPSA) is 70.7 Å². The molecule has 0 aliphatic heterocycles. The molecule has 0 unspecified atom stereocenters. The molecule has 4 aromatic rings. The van der Waals surface area contributed by atoms with Crippen LogP contribution in [0.15, 0.2) is 77.4 Å². The molecule has 1 saturated carbocycles. The highest BCUT2D eigenvalue weighted by atomic mass is 35.5. The van der Waals surface area contributed by atoms with Gasteiger partial charge in [0.05, 0.1) is 11.3 Å². The van der Waals surface area contributed by atoms with E-state index in [9.17, 15) is 14.3 Å². The Morgan fingerprint density at radius 1 is 1.06 bits per heavy atom. The van der Waals surface area contributed by atoms with E-state index in [-0.39, 0.29) is 11.7 Å². The zero-order chi connectivity index (χ0) is 24.5. The number of phenols is 1. The van der Waals surface area contributed by atoms with Gasteiger partial charge in [-0.15, -0.1) is 0 Å².